The van der Waals surface area contributed by atoms with E-state index in [0.29, 0.717) is 11.1 Å². The van der Waals surface area contributed by atoms with Gasteiger partial charge in [-0.2, -0.15) is 4.90 Å². The first-order valence-corrected chi connectivity index (χ1v) is 5.05. The maximum Gasteiger partial charge on any atom is 1.00 e. The van der Waals surface area contributed by atoms with Crippen molar-refractivity contribution in [1.82, 2.24) is 0 Å². The topological polar surface area (TPSA) is 17.1 Å². The van der Waals surface area contributed by atoms with Gasteiger partial charge in [-0.25, -0.2) is 0 Å². The Labute approximate surface area is 159 Å². The van der Waals surface area contributed by atoms with Gasteiger partial charge in [-0.15, -0.1) is 0 Å². The monoisotopic (exact) mass is 346 g/mol. The fraction of sp³-hybridized carbons (Fsp3) is 0. The summed E-state index contributed by atoms with van der Waals surface area (Å²) >= 11 is 4.96. The molecule has 1 nitrogen and oxygen atoms in total. The van der Waals surface area contributed by atoms with Crippen LogP contribution in [0.5, 0.6) is 0 Å². The van der Waals surface area contributed by atoms with Gasteiger partial charge in [-0.05, 0) is 0 Å². The van der Waals surface area contributed by atoms with Crippen LogP contribution >= 0.6 is 0 Å². The first-order chi connectivity index (χ1) is 7.27. The molecule has 0 radical (unpaired) electrons. The molecule has 2 rings (SSSR count). The quantitative estimate of drug-likeness (QED) is 0.555. The predicted octanol–water partition coefficient (Wildman–Crippen LogP) is -0.173. The van der Waals surface area contributed by atoms with Crippen molar-refractivity contribution in [2.75, 3.05) is 0 Å². The summed E-state index contributed by atoms with van der Waals surface area (Å²) in [4.78, 5) is 12.7. The van der Waals surface area contributed by atoms with Crippen molar-refractivity contribution in [2.24, 2.45) is 0 Å². The van der Waals surface area contributed by atoms with Crippen molar-refractivity contribution in [3.8, 4) is 0 Å². The van der Waals surface area contributed by atoms with Crippen LogP contribution < -0.4 is 68.9 Å². The van der Waals surface area contributed by atoms with Gasteiger partial charge in [0.2, 0.25) is 0 Å². The summed E-state index contributed by atoms with van der Waals surface area (Å²) in [6.45, 7) is 0. The van der Waals surface area contributed by atoms with Crippen molar-refractivity contribution >= 4 is 18.4 Å². The van der Waals surface area contributed by atoms with E-state index in [1.807, 2.05) is 30.3 Å². The van der Waals surface area contributed by atoms with Crippen molar-refractivity contribution in [3.05, 3.63) is 65.7 Å². The van der Waals surface area contributed by atoms with Crippen molar-refractivity contribution in [2.45, 2.75) is 4.90 Å². The number of carbonyl (C=O) groups excluding carboxylic acids is 1. The summed E-state index contributed by atoms with van der Waals surface area (Å²) in [5, 5.41) is 0. The fourth-order valence-electron chi connectivity index (χ4n) is 1.36. The zero-order valence-corrected chi connectivity index (χ0v) is 16.1. The third-order valence-electron chi connectivity index (χ3n) is 2.15. The van der Waals surface area contributed by atoms with Crippen LogP contribution in [0.25, 0.3) is 0 Å². The normalized spacial score (nSPS) is 9.25. The molecule has 0 saturated heterocycles. The van der Waals surface area contributed by atoms with E-state index in [-0.39, 0.29) is 74.7 Å². The van der Waals surface area contributed by atoms with Gasteiger partial charge in [0.25, 0.3) is 0 Å². The van der Waals surface area contributed by atoms with Gasteiger partial charge in [0.1, 0.15) is 0 Å². The molecule has 0 spiro atoms. The SMILES string of the molecule is O=C(c1ccccc1)c1ccc([S-])cc1.[Cs+]. The van der Waals surface area contributed by atoms with Gasteiger partial charge >= 0.3 is 68.9 Å². The molecule has 2 aromatic rings. The second-order valence-electron chi connectivity index (χ2n) is 3.22. The summed E-state index contributed by atoms with van der Waals surface area (Å²) < 4.78 is 0. The molecule has 0 aromatic heterocycles. The maximum absolute atomic E-state index is 11.9. The molecule has 0 saturated carbocycles. The van der Waals surface area contributed by atoms with Crippen LogP contribution in [-0.2, 0) is 12.6 Å². The molecule has 0 heterocycles. The first-order valence-electron chi connectivity index (χ1n) is 4.64. The molecule has 0 aliphatic heterocycles. The van der Waals surface area contributed by atoms with E-state index >= 15 is 0 Å². The summed E-state index contributed by atoms with van der Waals surface area (Å²) in [5.74, 6) is 0.0330. The van der Waals surface area contributed by atoms with Gasteiger partial charge in [-0.3, -0.25) is 4.79 Å². The Balaban J connectivity index is 0.00000128. The average molecular weight is 346 g/mol. The second-order valence-corrected chi connectivity index (χ2v) is 3.69. The smallest absolute Gasteiger partial charge is 0.780 e. The Morgan fingerprint density at radius 3 is 1.88 bits per heavy atom. The van der Waals surface area contributed by atoms with E-state index in [1.54, 1.807) is 24.3 Å². The minimum Gasteiger partial charge on any atom is -0.780 e. The zero-order chi connectivity index (χ0) is 10.7. The fourth-order valence-corrected chi connectivity index (χ4v) is 1.50. The van der Waals surface area contributed by atoms with Crippen LogP contribution in [0.15, 0.2) is 59.5 Å². The molecule has 0 fully saturated rings. The first kappa shape index (κ1) is 14.4. The molecular formula is C13H9CsOS. The van der Waals surface area contributed by atoms with Gasteiger partial charge in [-0.1, -0.05) is 54.6 Å². The van der Waals surface area contributed by atoms with Gasteiger partial charge in [0.15, 0.2) is 5.78 Å². The summed E-state index contributed by atoms with van der Waals surface area (Å²) in [5.41, 5.74) is 1.38. The molecule has 0 unspecified atom stereocenters. The van der Waals surface area contributed by atoms with Gasteiger partial charge in [0.05, 0.1) is 0 Å². The molecular weight excluding hydrogens is 337 g/mol. The summed E-state index contributed by atoms with van der Waals surface area (Å²) in [6, 6.07) is 16.3. The molecule has 0 aliphatic rings. The Morgan fingerprint density at radius 1 is 0.812 bits per heavy atom. The third kappa shape index (κ3) is 3.70. The van der Waals surface area contributed by atoms with Crippen LogP contribution in [0.4, 0.5) is 0 Å². The predicted molar refractivity (Wildman–Crippen MR) is 61.9 cm³/mol. The summed E-state index contributed by atoms with van der Waals surface area (Å²) in [6.07, 6.45) is 0. The number of carbonyl (C=O) groups is 1. The largest absolute Gasteiger partial charge is 1.00 e. The van der Waals surface area contributed by atoms with E-state index in [0.717, 1.165) is 4.90 Å². The third-order valence-corrected chi connectivity index (χ3v) is 2.42. The standard InChI is InChI=1S/C13H10OS.Cs/c14-13(10-4-2-1-3-5-10)11-6-8-12(15)9-7-11;/h1-9,15H;/q;+1/p-1. The Bertz CT molecular complexity index is 465. The Hall–Kier alpha value is 0.382. The summed E-state index contributed by atoms with van der Waals surface area (Å²) in [7, 11) is 0. The van der Waals surface area contributed by atoms with E-state index in [4.69, 9.17) is 12.6 Å². The van der Waals surface area contributed by atoms with E-state index in [9.17, 15) is 4.79 Å². The molecule has 74 valence electrons. The number of rotatable bonds is 2. The molecule has 0 N–H and O–H groups in total. The molecule has 0 atom stereocenters. The average Bonchev–Trinajstić information content (AvgIpc) is 2.30. The van der Waals surface area contributed by atoms with E-state index in [1.165, 1.54) is 0 Å². The van der Waals surface area contributed by atoms with Crippen molar-refractivity contribution in [3.63, 3.8) is 0 Å². The molecule has 0 amide bonds. The van der Waals surface area contributed by atoms with Crippen LogP contribution in [0, 0.1) is 0 Å². The van der Waals surface area contributed by atoms with Crippen molar-refractivity contribution in [1.29, 1.82) is 0 Å². The van der Waals surface area contributed by atoms with Gasteiger partial charge < -0.3 is 12.6 Å². The van der Waals surface area contributed by atoms with Crippen LogP contribution in [0.2, 0.25) is 0 Å². The van der Waals surface area contributed by atoms with Gasteiger partial charge in [0, 0.05) is 11.1 Å². The second kappa shape index (κ2) is 6.96. The molecule has 0 aliphatic carbocycles. The molecule has 3 heteroatoms. The zero-order valence-electron chi connectivity index (χ0n) is 9.01. The van der Waals surface area contributed by atoms with Crippen molar-refractivity contribution < 1.29 is 73.7 Å². The number of benzene rings is 2. The molecule has 0 bridgehead atoms. The number of hydrogen-bond donors (Lipinski definition) is 0. The minimum atomic E-state index is 0. The molecule has 2 aromatic carbocycles. The maximum atomic E-state index is 11.9. The Kier molecular flexibility index (Phi) is 6.28. The van der Waals surface area contributed by atoms with E-state index < -0.39 is 0 Å². The van der Waals surface area contributed by atoms with Crippen LogP contribution in [0.1, 0.15) is 15.9 Å². The minimum absolute atomic E-state index is 0. The number of hydrogen-bond acceptors (Lipinski definition) is 2. The molecule has 16 heavy (non-hydrogen) atoms. The number of ketones is 1. The van der Waals surface area contributed by atoms with E-state index in [2.05, 4.69) is 0 Å². The van der Waals surface area contributed by atoms with Crippen LogP contribution in [-0.4, -0.2) is 5.78 Å². The Morgan fingerprint density at radius 2 is 1.31 bits per heavy atom. The van der Waals surface area contributed by atoms with Crippen LogP contribution in [0.3, 0.4) is 0 Å².